The molecule has 3 nitrogen and oxygen atoms in total. The van der Waals surface area contributed by atoms with Crippen LogP contribution in [-0.4, -0.2) is 13.1 Å². The SMILES string of the molecule is COc1c(C)cc2c(c1OC(C)=O)C(C)CCC2. The highest BCUT2D eigenvalue weighted by Gasteiger charge is 2.26. The van der Waals surface area contributed by atoms with Crippen LogP contribution in [0, 0.1) is 6.92 Å². The van der Waals surface area contributed by atoms with Crippen molar-refractivity contribution in [1.29, 1.82) is 0 Å². The maximum absolute atomic E-state index is 11.3. The molecule has 0 radical (unpaired) electrons. The van der Waals surface area contributed by atoms with Gasteiger partial charge in [0.05, 0.1) is 7.11 Å². The summed E-state index contributed by atoms with van der Waals surface area (Å²) in [6, 6.07) is 2.16. The molecule has 1 aromatic carbocycles. The minimum atomic E-state index is -0.293. The lowest BCUT2D eigenvalue weighted by atomic mass is 9.82. The molecule has 1 atom stereocenters. The molecule has 0 fully saturated rings. The van der Waals surface area contributed by atoms with Gasteiger partial charge in [-0.2, -0.15) is 0 Å². The molecule has 0 spiro atoms. The van der Waals surface area contributed by atoms with E-state index in [1.165, 1.54) is 18.9 Å². The van der Waals surface area contributed by atoms with Gasteiger partial charge in [-0.15, -0.1) is 0 Å². The summed E-state index contributed by atoms with van der Waals surface area (Å²) >= 11 is 0. The molecular formula is C15H20O3. The third kappa shape index (κ3) is 2.22. The second kappa shape index (κ2) is 5.01. The molecule has 0 N–H and O–H groups in total. The highest BCUT2D eigenvalue weighted by molar-refractivity contribution is 5.72. The second-order valence-corrected chi connectivity index (χ2v) is 5.02. The summed E-state index contributed by atoms with van der Waals surface area (Å²) in [5, 5.41) is 0. The van der Waals surface area contributed by atoms with Gasteiger partial charge in [0.25, 0.3) is 0 Å². The number of hydrogen-bond donors (Lipinski definition) is 0. The first-order valence-electron chi connectivity index (χ1n) is 6.43. The van der Waals surface area contributed by atoms with Crippen LogP contribution in [-0.2, 0) is 11.2 Å². The fraction of sp³-hybridized carbons (Fsp3) is 0.533. The minimum absolute atomic E-state index is 0.293. The van der Waals surface area contributed by atoms with E-state index in [1.54, 1.807) is 7.11 Å². The number of fused-ring (bicyclic) bond motifs is 1. The van der Waals surface area contributed by atoms with Gasteiger partial charge in [-0.25, -0.2) is 0 Å². The van der Waals surface area contributed by atoms with E-state index in [-0.39, 0.29) is 5.97 Å². The largest absolute Gasteiger partial charge is 0.493 e. The lowest BCUT2D eigenvalue weighted by Crippen LogP contribution is -2.14. The third-order valence-corrected chi connectivity index (χ3v) is 3.57. The first-order valence-corrected chi connectivity index (χ1v) is 6.43. The van der Waals surface area contributed by atoms with Crippen LogP contribution in [0.25, 0.3) is 0 Å². The molecule has 98 valence electrons. The van der Waals surface area contributed by atoms with Crippen molar-refractivity contribution in [2.24, 2.45) is 0 Å². The van der Waals surface area contributed by atoms with Gasteiger partial charge in [-0.1, -0.05) is 13.0 Å². The molecule has 2 rings (SSSR count). The van der Waals surface area contributed by atoms with E-state index < -0.39 is 0 Å². The predicted molar refractivity (Wildman–Crippen MR) is 70.4 cm³/mol. The Balaban J connectivity index is 2.63. The van der Waals surface area contributed by atoms with Crippen molar-refractivity contribution in [3.05, 3.63) is 22.8 Å². The van der Waals surface area contributed by atoms with Crippen LogP contribution >= 0.6 is 0 Å². The van der Waals surface area contributed by atoms with E-state index in [0.717, 1.165) is 24.0 Å². The van der Waals surface area contributed by atoms with Gasteiger partial charge >= 0.3 is 5.97 Å². The molecule has 1 aliphatic rings. The van der Waals surface area contributed by atoms with Gasteiger partial charge < -0.3 is 9.47 Å². The summed E-state index contributed by atoms with van der Waals surface area (Å²) in [5.41, 5.74) is 3.48. The van der Waals surface area contributed by atoms with Gasteiger partial charge in [-0.3, -0.25) is 4.79 Å². The molecule has 1 aliphatic carbocycles. The summed E-state index contributed by atoms with van der Waals surface area (Å²) in [6.45, 7) is 5.60. The monoisotopic (exact) mass is 248 g/mol. The Hall–Kier alpha value is -1.51. The number of methoxy groups -OCH3 is 1. The summed E-state index contributed by atoms with van der Waals surface area (Å²) < 4.78 is 10.8. The minimum Gasteiger partial charge on any atom is -0.493 e. The normalized spacial score (nSPS) is 18.1. The third-order valence-electron chi connectivity index (χ3n) is 3.57. The van der Waals surface area contributed by atoms with Crippen LogP contribution in [0.1, 0.15) is 49.3 Å². The molecule has 1 unspecified atom stereocenters. The first kappa shape index (κ1) is 12.9. The van der Waals surface area contributed by atoms with Crippen LogP contribution in [0.4, 0.5) is 0 Å². The smallest absolute Gasteiger partial charge is 0.308 e. The molecular weight excluding hydrogens is 228 g/mol. The number of aryl methyl sites for hydroxylation is 2. The molecule has 0 heterocycles. The number of carbonyl (C=O) groups is 1. The maximum Gasteiger partial charge on any atom is 0.308 e. The Labute approximate surface area is 108 Å². The molecule has 1 aromatic rings. The molecule has 0 saturated carbocycles. The van der Waals surface area contributed by atoms with Crippen molar-refractivity contribution in [2.75, 3.05) is 7.11 Å². The van der Waals surface area contributed by atoms with E-state index in [4.69, 9.17) is 9.47 Å². The van der Waals surface area contributed by atoms with Gasteiger partial charge in [-0.05, 0) is 43.2 Å². The highest BCUT2D eigenvalue weighted by Crippen LogP contribution is 2.45. The van der Waals surface area contributed by atoms with E-state index in [2.05, 4.69) is 13.0 Å². The zero-order valence-corrected chi connectivity index (χ0v) is 11.5. The number of rotatable bonds is 2. The molecule has 18 heavy (non-hydrogen) atoms. The van der Waals surface area contributed by atoms with E-state index in [1.807, 2.05) is 6.92 Å². The number of hydrogen-bond acceptors (Lipinski definition) is 3. The number of ether oxygens (including phenoxy) is 2. The number of esters is 1. The number of benzene rings is 1. The first-order chi connectivity index (χ1) is 8.54. The molecule has 3 heteroatoms. The Morgan fingerprint density at radius 2 is 2.11 bits per heavy atom. The van der Waals surface area contributed by atoms with Crippen LogP contribution in [0.15, 0.2) is 6.07 Å². The maximum atomic E-state index is 11.3. The topological polar surface area (TPSA) is 35.5 Å². The van der Waals surface area contributed by atoms with Crippen LogP contribution in [0.2, 0.25) is 0 Å². The average Bonchev–Trinajstić information content (AvgIpc) is 2.28. The Morgan fingerprint density at radius 3 is 2.72 bits per heavy atom. The van der Waals surface area contributed by atoms with Crippen LogP contribution in [0.5, 0.6) is 11.5 Å². The Bertz CT molecular complexity index is 477. The average molecular weight is 248 g/mol. The lowest BCUT2D eigenvalue weighted by molar-refractivity contribution is -0.132. The van der Waals surface area contributed by atoms with Crippen molar-refractivity contribution in [3.63, 3.8) is 0 Å². The van der Waals surface area contributed by atoms with Crippen molar-refractivity contribution in [3.8, 4) is 11.5 Å². The van der Waals surface area contributed by atoms with Gasteiger partial charge in [0.15, 0.2) is 11.5 Å². The Kier molecular flexibility index (Phi) is 3.60. The van der Waals surface area contributed by atoms with Crippen molar-refractivity contribution < 1.29 is 14.3 Å². The van der Waals surface area contributed by atoms with E-state index >= 15 is 0 Å². The number of carbonyl (C=O) groups excluding carboxylic acids is 1. The molecule has 0 amide bonds. The molecule has 0 bridgehead atoms. The molecule has 0 saturated heterocycles. The van der Waals surface area contributed by atoms with Gasteiger partial charge in [0, 0.05) is 12.5 Å². The predicted octanol–water partition coefficient (Wildman–Crippen LogP) is 3.37. The fourth-order valence-electron chi connectivity index (χ4n) is 2.84. The van der Waals surface area contributed by atoms with Gasteiger partial charge in [0.1, 0.15) is 0 Å². The summed E-state index contributed by atoms with van der Waals surface area (Å²) in [7, 11) is 1.62. The summed E-state index contributed by atoms with van der Waals surface area (Å²) in [6.07, 6.45) is 3.38. The molecule has 0 aliphatic heterocycles. The van der Waals surface area contributed by atoms with Gasteiger partial charge in [0.2, 0.25) is 0 Å². The fourth-order valence-corrected chi connectivity index (χ4v) is 2.84. The zero-order valence-electron chi connectivity index (χ0n) is 11.5. The second-order valence-electron chi connectivity index (χ2n) is 5.02. The Morgan fingerprint density at radius 1 is 1.39 bits per heavy atom. The van der Waals surface area contributed by atoms with Crippen molar-refractivity contribution in [1.82, 2.24) is 0 Å². The lowest BCUT2D eigenvalue weighted by Gasteiger charge is -2.27. The highest BCUT2D eigenvalue weighted by atomic mass is 16.6. The standard InChI is InChI=1S/C15H20O3/c1-9-6-5-7-12-8-10(2)14(17-4)15(13(9)12)18-11(3)16/h8-9H,5-7H2,1-4H3. The zero-order chi connectivity index (χ0) is 13.3. The summed E-state index contributed by atoms with van der Waals surface area (Å²) in [5.74, 6) is 1.45. The van der Waals surface area contributed by atoms with Crippen LogP contribution in [0.3, 0.4) is 0 Å². The van der Waals surface area contributed by atoms with Crippen molar-refractivity contribution in [2.45, 2.75) is 46.0 Å². The van der Waals surface area contributed by atoms with Crippen molar-refractivity contribution >= 4 is 5.97 Å². The van der Waals surface area contributed by atoms with E-state index in [0.29, 0.717) is 17.4 Å². The quantitative estimate of drug-likeness (QED) is 0.594. The molecule has 0 aromatic heterocycles. The van der Waals surface area contributed by atoms with Crippen LogP contribution < -0.4 is 9.47 Å². The summed E-state index contributed by atoms with van der Waals surface area (Å²) in [4.78, 5) is 11.3. The van der Waals surface area contributed by atoms with E-state index in [9.17, 15) is 4.79 Å².